The topological polar surface area (TPSA) is 26.0 Å². The third kappa shape index (κ3) is 2.44. The number of hydrogen-bond acceptors (Lipinski definition) is 1. The van der Waals surface area contributed by atoms with Crippen molar-refractivity contribution in [1.82, 2.24) is 0 Å². The van der Waals surface area contributed by atoms with Crippen molar-refractivity contribution in [2.45, 2.75) is 40.2 Å². The second-order valence-electron chi connectivity index (χ2n) is 4.48. The fourth-order valence-electron chi connectivity index (χ4n) is 1.96. The van der Waals surface area contributed by atoms with Crippen molar-refractivity contribution in [2.75, 3.05) is 0 Å². The van der Waals surface area contributed by atoms with Crippen molar-refractivity contribution in [1.29, 1.82) is 0 Å². The van der Waals surface area contributed by atoms with Crippen molar-refractivity contribution in [2.24, 2.45) is 17.6 Å². The maximum absolute atomic E-state index is 5.88. The maximum Gasteiger partial charge on any atom is 0.00765 e. The van der Waals surface area contributed by atoms with E-state index in [1.165, 1.54) is 11.1 Å². The molecule has 74 valence electrons. The summed E-state index contributed by atoms with van der Waals surface area (Å²) in [7, 11) is 0. The number of nitrogens with two attached hydrogens (primary N) is 1. The lowest BCUT2D eigenvalue weighted by Gasteiger charge is -2.24. The molecular weight excluding hydrogens is 158 g/mol. The normalized spacial score (nSPS) is 25.5. The summed E-state index contributed by atoms with van der Waals surface area (Å²) in [6.45, 7) is 8.81. The van der Waals surface area contributed by atoms with Gasteiger partial charge in [-0.15, -0.1) is 0 Å². The van der Waals surface area contributed by atoms with Gasteiger partial charge >= 0.3 is 0 Å². The number of hydrogen-bond donors (Lipinski definition) is 1. The molecule has 2 atom stereocenters. The van der Waals surface area contributed by atoms with E-state index < -0.39 is 0 Å². The van der Waals surface area contributed by atoms with Crippen LogP contribution in [0.15, 0.2) is 23.3 Å². The second kappa shape index (κ2) is 4.10. The first-order chi connectivity index (χ1) is 6.02. The minimum Gasteiger partial charge on any atom is -0.327 e. The van der Waals surface area contributed by atoms with Gasteiger partial charge in [0.05, 0.1) is 0 Å². The minimum absolute atomic E-state index is 0.278. The molecule has 0 saturated carbocycles. The predicted molar refractivity (Wildman–Crippen MR) is 58.4 cm³/mol. The van der Waals surface area contributed by atoms with Gasteiger partial charge in [-0.05, 0) is 37.7 Å². The summed E-state index contributed by atoms with van der Waals surface area (Å²) in [6, 6.07) is 0.278. The Bertz CT molecular complexity index is 234. The predicted octanol–water partition coefficient (Wildman–Crippen LogP) is 2.88. The van der Waals surface area contributed by atoms with Gasteiger partial charge in [-0.25, -0.2) is 0 Å². The zero-order valence-corrected chi connectivity index (χ0v) is 9.17. The first-order valence-corrected chi connectivity index (χ1v) is 5.15. The summed E-state index contributed by atoms with van der Waals surface area (Å²) in [4.78, 5) is 0. The standard InChI is InChI=1S/C12H21N/c1-8(2)12-6-5-11(10(4)13)7-9(12)3/h5-6,8,10-11H,7,13H2,1-4H3. The molecule has 1 aliphatic rings. The molecule has 0 spiro atoms. The van der Waals surface area contributed by atoms with Gasteiger partial charge in [0.2, 0.25) is 0 Å². The van der Waals surface area contributed by atoms with Gasteiger partial charge in [-0.3, -0.25) is 0 Å². The highest BCUT2D eigenvalue weighted by atomic mass is 14.6. The highest BCUT2D eigenvalue weighted by molar-refractivity contribution is 5.31. The van der Waals surface area contributed by atoms with Crippen molar-refractivity contribution in [3.05, 3.63) is 23.3 Å². The lowest BCUT2D eigenvalue weighted by Crippen LogP contribution is -2.26. The van der Waals surface area contributed by atoms with Crippen LogP contribution in [0.4, 0.5) is 0 Å². The Labute approximate surface area is 81.7 Å². The largest absolute Gasteiger partial charge is 0.327 e. The molecule has 1 heteroatoms. The van der Waals surface area contributed by atoms with E-state index in [0.29, 0.717) is 11.8 Å². The molecule has 2 unspecified atom stereocenters. The van der Waals surface area contributed by atoms with Crippen molar-refractivity contribution in [3.8, 4) is 0 Å². The quantitative estimate of drug-likeness (QED) is 0.693. The third-order valence-electron chi connectivity index (χ3n) is 2.86. The van der Waals surface area contributed by atoms with Gasteiger partial charge in [0.15, 0.2) is 0 Å². The average Bonchev–Trinajstić information content (AvgIpc) is 2.03. The maximum atomic E-state index is 5.88. The SMILES string of the molecule is CC1=C(C(C)C)C=CC(C(C)N)C1. The van der Waals surface area contributed by atoms with Gasteiger partial charge in [-0.2, -0.15) is 0 Å². The summed E-state index contributed by atoms with van der Waals surface area (Å²) in [5, 5.41) is 0. The van der Waals surface area contributed by atoms with Crippen LogP contribution in [0.3, 0.4) is 0 Å². The molecule has 1 rings (SSSR count). The van der Waals surface area contributed by atoms with Gasteiger partial charge in [0, 0.05) is 6.04 Å². The molecular formula is C12H21N. The van der Waals surface area contributed by atoms with E-state index in [-0.39, 0.29) is 6.04 Å². The van der Waals surface area contributed by atoms with Crippen LogP contribution in [0, 0.1) is 11.8 Å². The first kappa shape index (κ1) is 10.5. The van der Waals surface area contributed by atoms with Crippen LogP contribution in [-0.4, -0.2) is 6.04 Å². The molecule has 0 aromatic carbocycles. The lowest BCUT2D eigenvalue weighted by atomic mass is 9.83. The van der Waals surface area contributed by atoms with Crippen LogP contribution in [0.5, 0.6) is 0 Å². The van der Waals surface area contributed by atoms with Crippen LogP contribution < -0.4 is 5.73 Å². The Morgan fingerprint density at radius 1 is 1.38 bits per heavy atom. The smallest absolute Gasteiger partial charge is 0.00765 e. The van der Waals surface area contributed by atoms with E-state index in [0.717, 1.165) is 6.42 Å². The zero-order chi connectivity index (χ0) is 10.0. The van der Waals surface area contributed by atoms with Gasteiger partial charge in [0.1, 0.15) is 0 Å². The van der Waals surface area contributed by atoms with E-state index in [2.05, 4.69) is 39.8 Å². The summed E-state index contributed by atoms with van der Waals surface area (Å²) in [6.07, 6.45) is 5.67. The molecule has 0 heterocycles. The minimum atomic E-state index is 0.278. The fourth-order valence-corrected chi connectivity index (χ4v) is 1.96. The van der Waals surface area contributed by atoms with Crippen molar-refractivity contribution < 1.29 is 0 Å². The molecule has 0 aliphatic heterocycles. The molecule has 0 aromatic rings. The molecule has 0 saturated heterocycles. The molecule has 1 aliphatic carbocycles. The molecule has 0 radical (unpaired) electrons. The Balaban J connectivity index is 2.75. The molecule has 0 aromatic heterocycles. The van der Waals surface area contributed by atoms with E-state index >= 15 is 0 Å². The molecule has 1 nitrogen and oxygen atoms in total. The second-order valence-corrected chi connectivity index (χ2v) is 4.48. The fraction of sp³-hybridized carbons (Fsp3) is 0.667. The molecule has 0 fully saturated rings. The number of allylic oxidation sites excluding steroid dienone is 3. The summed E-state index contributed by atoms with van der Waals surface area (Å²) >= 11 is 0. The van der Waals surface area contributed by atoms with E-state index in [1.54, 1.807) is 0 Å². The summed E-state index contributed by atoms with van der Waals surface area (Å²) in [5.41, 5.74) is 8.89. The monoisotopic (exact) mass is 179 g/mol. The van der Waals surface area contributed by atoms with Crippen LogP contribution in [0.1, 0.15) is 34.1 Å². The summed E-state index contributed by atoms with van der Waals surface area (Å²) < 4.78 is 0. The Kier molecular flexibility index (Phi) is 3.32. The van der Waals surface area contributed by atoms with Gasteiger partial charge in [-0.1, -0.05) is 31.6 Å². The van der Waals surface area contributed by atoms with Crippen LogP contribution in [0.2, 0.25) is 0 Å². The van der Waals surface area contributed by atoms with Crippen molar-refractivity contribution in [3.63, 3.8) is 0 Å². The van der Waals surface area contributed by atoms with Crippen LogP contribution in [-0.2, 0) is 0 Å². The Morgan fingerprint density at radius 3 is 2.38 bits per heavy atom. The third-order valence-corrected chi connectivity index (χ3v) is 2.86. The Hall–Kier alpha value is -0.560. The highest BCUT2D eigenvalue weighted by Gasteiger charge is 2.17. The molecule has 0 amide bonds. The molecule has 13 heavy (non-hydrogen) atoms. The van der Waals surface area contributed by atoms with Crippen LogP contribution >= 0.6 is 0 Å². The number of rotatable bonds is 2. The van der Waals surface area contributed by atoms with Crippen LogP contribution in [0.25, 0.3) is 0 Å². The lowest BCUT2D eigenvalue weighted by molar-refractivity contribution is 0.518. The van der Waals surface area contributed by atoms with Crippen molar-refractivity contribution >= 4 is 0 Å². The van der Waals surface area contributed by atoms with E-state index in [1.807, 2.05) is 0 Å². The van der Waals surface area contributed by atoms with E-state index in [4.69, 9.17) is 5.73 Å². The highest BCUT2D eigenvalue weighted by Crippen LogP contribution is 2.28. The van der Waals surface area contributed by atoms with E-state index in [9.17, 15) is 0 Å². The molecule has 0 bridgehead atoms. The van der Waals surface area contributed by atoms with Gasteiger partial charge in [0.25, 0.3) is 0 Å². The average molecular weight is 179 g/mol. The zero-order valence-electron chi connectivity index (χ0n) is 9.17. The summed E-state index contributed by atoms with van der Waals surface area (Å²) in [5.74, 6) is 1.19. The van der Waals surface area contributed by atoms with Gasteiger partial charge < -0.3 is 5.73 Å². The molecule has 2 N–H and O–H groups in total. The first-order valence-electron chi connectivity index (χ1n) is 5.15. The Morgan fingerprint density at radius 2 is 2.00 bits per heavy atom.